The summed E-state index contributed by atoms with van der Waals surface area (Å²) in [6.07, 6.45) is 6.79. The molecule has 0 aromatic heterocycles. The lowest BCUT2D eigenvalue weighted by atomic mass is 9.98. The van der Waals surface area contributed by atoms with Gasteiger partial charge in [-0.15, -0.1) is 0 Å². The Bertz CT molecular complexity index is 508. The van der Waals surface area contributed by atoms with E-state index in [0.717, 1.165) is 36.2 Å². The molecule has 0 amide bonds. The lowest BCUT2D eigenvalue weighted by molar-refractivity contribution is 0.0497. The summed E-state index contributed by atoms with van der Waals surface area (Å²) in [6, 6.07) is 8.07. The molecule has 1 saturated heterocycles. The molecule has 2 aliphatic rings. The summed E-state index contributed by atoms with van der Waals surface area (Å²) >= 11 is 11.5. The highest BCUT2D eigenvalue weighted by molar-refractivity contribution is 7.80. The van der Waals surface area contributed by atoms with Crippen molar-refractivity contribution in [2.45, 2.75) is 38.2 Å². The van der Waals surface area contributed by atoms with Crippen LogP contribution >= 0.6 is 23.8 Å². The molecular formula is C18H25ClN2OS. The standard InChI is InChI=1S/C18H25ClN2OS/c19-15-6-8-16(9-7-15)20-10-12-21(13-11-20)18(23)14-22-17-4-2-1-3-5-17/h6-9,17H,1-5,10-14H2. The first-order valence-corrected chi connectivity index (χ1v) is 9.41. The van der Waals surface area contributed by atoms with Gasteiger partial charge in [0.1, 0.15) is 4.99 Å². The minimum Gasteiger partial charge on any atom is -0.371 e. The second-order valence-electron chi connectivity index (χ2n) is 6.42. The van der Waals surface area contributed by atoms with Crippen LogP contribution in [0.2, 0.25) is 5.02 Å². The van der Waals surface area contributed by atoms with Crippen molar-refractivity contribution in [3.63, 3.8) is 0 Å². The third-order valence-corrected chi connectivity index (χ3v) is 5.45. The number of halogens is 1. The maximum absolute atomic E-state index is 6.01. The van der Waals surface area contributed by atoms with Gasteiger partial charge in [-0.05, 0) is 37.1 Å². The van der Waals surface area contributed by atoms with E-state index in [0.29, 0.717) is 12.7 Å². The molecule has 1 aliphatic heterocycles. The summed E-state index contributed by atoms with van der Waals surface area (Å²) in [7, 11) is 0. The third kappa shape index (κ3) is 4.82. The largest absolute Gasteiger partial charge is 0.371 e. The molecule has 3 rings (SSSR count). The molecule has 126 valence electrons. The van der Waals surface area contributed by atoms with Gasteiger partial charge in [-0.3, -0.25) is 0 Å². The molecule has 0 unspecified atom stereocenters. The van der Waals surface area contributed by atoms with Crippen LogP contribution in [0.25, 0.3) is 0 Å². The van der Waals surface area contributed by atoms with E-state index in [1.807, 2.05) is 12.1 Å². The fraction of sp³-hybridized carbons (Fsp3) is 0.611. The first-order valence-electron chi connectivity index (χ1n) is 8.62. The van der Waals surface area contributed by atoms with Crippen LogP contribution in [0.5, 0.6) is 0 Å². The van der Waals surface area contributed by atoms with Crippen LogP contribution in [0.4, 0.5) is 5.69 Å². The Kier molecular flexibility index (Phi) is 6.15. The van der Waals surface area contributed by atoms with Crippen molar-refractivity contribution in [2.75, 3.05) is 37.7 Å². The molecule has 2 fully saturated rings. The van der Waals surface area contributed by atoms with Crippen LogP contribution in [0.3, 0.4) is 0 Å². The summed E-state index contributed by atoms with van der Waals surface area (Å²) in [5.74, 6) is 0. The van der Waals surface area contributed by atoms with Crippen molar-refractivity contribution in [3.05, 3.63) is 29.3 Å². The van der Waals surface area contributed by atoms with E-state index in [-0.39, 0.29) is 0 Å². The summed E-state index contributed by atoms with van der Waals surface area (Å²) in [4.78, 5) is 5.65. The number of thiocarbonyl (C=S) groups is 1. The highest BCUT2D eigenvalue weighted by atomic mass is 35.5. The van der Waals surface area contributed by atoms with Gasteiger partial charge in [0.05, 0.1) is 12.7 Å². The molecule has 0 atom stereocenters. The summed E-state index contributed by atoms with van der Waals surface area (Å²) in [5, 5.41) is 0.786. The zero-order valence-corrected chi connectivity index (χ0v) is 15.1. The van der Waals surface area contributed by atoms with Gasteiger partial charge in [0.15, 0.2) is 0 Å². The minimum atomic E-state index is 0.428. The van der Waals surface area contributed by atoms with Crippen molar-refractivity contribution < 1.29 is 4.74 Å². The number of piperazine rings is 1. The summed E-state index contributed by atoms with van der Waals surface area (Å²) in [6.45, 7) is 4.53. The normalized spacial score (nSPS) is 19.9. The lowest BCUT2D eigenvalue weighted by Crippen LogP contribution is -2.49. The van der Waals surface area contributed by atoms with E-state index in [2.05, 4.69) is 21.9 Å². The molecule has 0 radical (unpaired) electrons. The van der Waals surface area contributed by atoms with Crippen molar-refractivity contribution in [1.29, 1.82) is 0 Å². The van der Waals surface area contributed by atoms with Crippen LogP contribution in [0.1, 0.15) is 32.1 Å². The molecular weight excluding hydrogens is 328 g/mol. The molecule has 1 aromatic carbocycles. The molecule has 0 spiro atoms. The Hall–Kier alpha value is -0.840. The van der Waals surface area contributed by atoms with E-state index in [1.165, 1.54) is 37.8 Å². The number of rotatable bonds is 4. The van der Waals surface area contributed by atoms with Crippen molar-refractivity contribution in [1.82, 2.24) is 4.90 Å². The number of hydrogen-bond donors (Lipinski definition) is 0. The second kappa shape index (κ2) is 8.32. The fourth-order valence-electron chi connectivity index (χ4n) is 3.38. The average Bonchev–Trinajstić information content (AvgIpc) is 2.61. The van der Waals surface area contributed by atoms with Gasteiger partial charge < -0.3 is 14.5 Å². The van der Waals surface area contributed by atoms with E-state index in [9.17, 15) is 0 Å². The number of ether oxygens (including phenoxy) is 1. The number of nitrogens with zero attached hydrogens (tertiary/aromatic N) is 2. The van der Waals surface area contributed by atoms with Gasteiger partial charge in [0.2, 0.25) is 0 Å². The van der Waals surface area contributed by atoms with E-state index in [4.69, 9.17) is 28.6 Å². The third-order valence-electron chi connectivity index (χ3n) is 4.82. The molecule has 1 aromatic rings. The van der Waals surface area contributed by atoms with E-state index in [1.54, 1.807) is 0 Å². The number of hydrogen-bond acceptors (Lipinski definition) is 3. The Morgan fingerprint density at radius 2 is 1.70 bits per heavy atom. The Labute approximate surface area is 149 Å². The number of benzene rings is 1. The van der Waals surface area contributed by atoms with Crippen LogP contribution in [-0.4, -0.2) is 48.8 Å². The first kappa shape index (κ1) is 17.0. The maximum atomic E-state index is 6.01. The SMILES string of the molecule is S=C(COC1CCCCC1)N1CCN(c2ccc(Cl)cc2)CC1. The Balaban J connectivity index is 1.42. The van der Waals surface area contributed by atoms with Gasteiger partial charge in [0.25, 0.3) is 0 Å². The summed E-state index contributed by atoms with van der Waals surface area (Å²) in [5.41, 5.74) is 1.23. The monoisotopic (exact) mass is 352 g/mol. The summed E-state index contributed by atoms with van der Waals surface area (Å²) < 4.78 is 6.01. The van der Waals surface area contributed by atoms with Gasteiger partial charge in [-0.25, -0.2) is 0 Å². The molecule has 5 heteroatoms. The second-order valence-corrected chi connectivity index (χ2v) is 7.32. The van der Waals surface area contributed by atoms with E-state index < -0.39 is 0 Å². The van der Waals surface area contributed by atoms with Crippen LogP contribution < -0.4 is 4.90 Å². The predicted molar refractivity (Wildman–Crippen MR) is 101 cm³/mol. The smallest absolute Gasteiger partial charge is 0.104 e. The fourth-order valence-corrected chi connectivity index (χ4v) is 3.75. The van der Waals surface area contributed by atoms with Crippen molar-refractivity contribution in [2.24, 2.45) is 0 Å². The molecule has 1 saturated carbocycles. The van der Waals surface area contributed by atoms with Crippen molar-refractivity contribution in [3.8, 4) is 0 Å². The van der Waals surface area contributed by atoms with Gasteiger partial charge in [-0.2, -0.15) is 0 Å². The topological polar surface area (TPSA) is 15.7 Å². The first-order chi connectivity index (χ1) is 11.2. The average molecular weight is 353 g/mol. The van der Waals surface area contributed by atoms with Gasteiger partial charge in [0, 0.05) is 36.9 Å². The zero-order valence-electron chi connectivity index (χ0n) is 13.5. The van der Waals surface area contributed by atoms with Gasteiger partial charge >= 0.3 is 0 Å². The van der Waals surface area contributed by atoms with Gasteiger partial charge in [-0.1, -0.05) is 43.1 Å². The maximum Gasteiger partial charge on any atom is 0.104 e. The Morgan fingerprint density at radius 3 is 2.35 bits per heavy atom. The molecule has 3 nitrogen and oxygen atoms in total. The lowest BCUT2D eigenvalue weighted by Gasteiger charge is -2.37. The Morgan fingerprint density at radius 1 is 1.04 bits per heavy atom. The van der Waals surface area contributed by atoms with Crippen LogP contribution in [-0.2, 0) is 4.74 Å². The quantitative estimate of drug-likeness (QED) is 0.756. The van der Waals surface area contributed by atoms with Crippen LogP contribution in [0, 0.1) is 0 Å². The van der Waals surface area contributed by atoms with Crippen molar-refractivity contribution >= 4 is 34.5 Å². The molecule has 1 heterocycles. The van der Waals surface area contributed by atoms with E-state index >= 15 is 0 Å². The highest BCUT2D eigenvalue weighted by Gasteiger charge is 2.20. The van der Waals surface area contributed by atoms with Crippen LogP contribution in [0.15, 0.2) is 24.3 Å². The molecule has 1 aliphatic carbocycles. The molecule has 0 bridgehead atoms. The molecule has 23 heavy (non-hydrogen) atoms. The predicted octanol–water partition coefficient (Wildman–Crippen LogP) is 4.14. The highest BCUT2D eigenvalue weighted by Crippen LogP contribution is 2.21. The number of anilines is 1. The molecule has 0 N–H and O–H groups in total. The minimum absolute atomic E-state index is 0.428. The zero-order chi connectivity index (χ0) is 16.1.